The van der Waals surface area contributed by atoms with Crippen molar-refractivity contribution < 1.29 is 10.2 Å². The number of rotatable bonds is 5. The molecule has 0 bridgehead atoms. The Morgan fingerprint density at radius 2 is 1.92 bits per heavy atom. The SMILES string of the molecule is CC(NC(C)(CO)CO)C1CC1. The largest absolute Gasteiger partial charge is 0.394 e. The normalized spacial score (nSPS) is 21.0. The Kier molecular flexibility index (Phi) is 3.09. The predicted octanol–water partition coefficient (Wildman–Crippen LogP) is 0.118. The molecule has 0 radical (unpaired) electrons. The zero-order chi connectivity index (χ0) is 9.19. The van der Waals surface area contributed by atoms with Crippen molar-refractivity contribution in [1.82, 2.24) is 5.32 Å². The van der Waals surface area contributed by atoms with Crippen LogP contribution in [-0.4, -0.2) is 35.0 Å². The Morgan fingerprint density at radius 1 is 1.42 bits per heavy atom. The number of nitrogens with one attached hydrogen (secondary N) is 1. The van der Waals surface area contributed by atoms with Crippen LogP contribution in [0.1, 0.15) is 26.7 Å². The first kappa shape index (κ1) is 9.96. The van der Waals surface area contributed by atoms with E-state index >= 15 is 0 Å². The highest BCUT2D eigenvalue weighted by molar-refractivity contribution is 4.90. The van der Waals surface area contributed by atoms with Gasteiger partial charge in [-0.25, -0.2) is 0 Å². The lowest BCUT2D eigenvalue weighted by Crippen LogP contribution is -2.53. The van der Waals surface area contributed by atoms with Crippen molar-refractivity contribution in [3.63, 3.8) is 0 Å². The van der Waals surface area contributed by atoms with Gasteiger partial charge in [0.2, 0.25) is 0 Å². The molecule has 72 valence electrons. The van der Waals surface area contributed by atoms with Crippen LogP contribution in [-0.2, 0) is 0 Å². The molecule has 1 aliphatic rings. The van der Waals surface area contributed by atoms with E-state index in [9.17, 15) is 0 Å². The quantitative estimate of drug-likeness (QED) is 0.553. The van der Waals surface area contributed by atoms with E-state index in [1.165, 1.54) is 12.8 Å². The first-order valence-electron chi connectivity index (χ1n) is 4.61. The molecule has 0 aliphatic heterocycles. The first-order valence-corrected chi connectivity index (χ1v) is 4.61. The van der Waals surface area contributed by atoms with Gasteiger partial charge in [-0.3, -0.25) is 0 Å². The van der Waals surface area contributed by atoms with E-state index < -0.39 is 5.54 Å². The van der Waals surface area contributed by atoms with Crippen molar-refractivity contribution in [1.29, 1.82) is 0 Å². The molecular formula is C9H19NO2. The number of aliphatic hydroxyl groups excluding tert-OH is 2. The summed E-state index contributed by atoms with van der Waals surface area (Å²) in [4.78, 5) is 0. The van der Waals surface area contributed by atoms with Crippen LogP contribution < -0.4 is 5.32 Å². The maximum absolute atomic E-state index is 9.01. The van der Waals surface area contributed by atoms with Gasteiger partial charge in [0.15, 0.2) is 0 Å². The number of aliphatic hydroxyl groups is 2. The molecule has 0 aromatic rings. The minimum Gasteiger partial charge on any atom is -0.394 e. The van der Waals surface area contributed by atoms with Gasteiger partial charge in [0, 0.05) is 6.04 Å². The van der Waals surface area contributed by atoms with Crippen LogP contribution in [0.4, 0.5) is 0 Å². The van der Waals surface area contributed by atoms with Gasteiger partial charge in [0.25, 0.3) is 0 Å². The Balaban J connectivity index is 2.34. The third kappa shape index (κ3) is 2.44. The summed E-state index contributed by atoms with van der Waals surface area (Å²) in [5, 5.41) is 21.3. The first-order chi connectivity index (χ1) is 5.61. The van der Waals surface area contributed by atoms with Gasteiger partial charge in [-0.05, 0) is 32.6 Å². The average molecular weight is 173 g/mol. The smallest absolute Gasteiger partial charge is 0.0633 e. The minimum absolute atomic E-state index is 0.0133. The highest BCUT2D eigenvalue weighted by Crippen LogP contribution is 2.33. The minimum atomic E-state index is -0.512. The lowest BCUT2D eigenvalue weighted by molar-refractivity contribution is 0.0932. The van der Waals surface area contributed by atoms with Crippen LogP contribution in [0.3, 0.4) is 0 Å². The van der Waals surface area contributed by atoms with E-state index in [0.29, 0.717) is 6.04 Å². The summed E-state index contributed by atoms with van der Waals surface area (Å²) >= 11 is 0. The van der Waals surface area contributed by atoms with Crippen LogP contribution in [0.15, 0.2) is 0 Å². The molecule has 0 spiro atoms. The summed E-state index contributed by atoms with van der Waals surface area (Å²) in [7, 11) is 0. The second-order valence-corrected chi connectivity index (χ2v) is 4.15. The third-order valence-electron chi connectivity index (χ3n) is 2.60. The van der Waals surface area contributed by atoms with Crippen LogP contribution in [0, 0.1) is 5.92 Å². The average Bonchev–Trinajstić information content (AvgIpc) is 2.86. The molecule has 0 saturated heterocycles. The van der Waals surface area contributed by atoms with E-state index in [4.69, 9.17) is 10.2 Å². The van der Waals surface area contributed by atoms with Gasteiger partial charge in [0.05, 0.1) is 18.8 Å². The van der Waals surface area contributed by atoms with E-state index in [0.717, 1.165) is 5.92 Å². The maximum atomic E-state index is 9.01. The molecule has 1 aliphatic carbocycles. The molecule has 1 fully saturated rings. The van der Waals surface area contributed by atoms with E-state index in [2.05, 4.69) is 12.2 Å². The standard InChI is InChI=1S/C9H19NO2/c1-7(8-3-4-8)10-9(2,5-11)6-12/h7-8,10-12H,3-6H2,1-2H3. The second-order valence-electron chi connectivity index (χ2n) is 4.15. The fourth-order valence-electron chi connectivity index (χ4n) is 1.41. The molecule has 12 heavy (non-hydrogen) atoms. The molecule has 1 atom stereocenters. The topological polar surface area (TPSA) is 52.5 Å². The van der Waals surface area contributed by atoms with E-state index in [1.54, 1.807) is 0 Å². The number of hydrogen-bond acceptors (Lipinski definition) is 3. The molecule has 0 aromatic heterocycles. The van der Waals surface area contributed by atoms with Gasteiger partial charge < -0.3 is 15.5 Å². The van der Waals surface area contributed by atoms with Crippen molar-refractivity contribution in [3.8, 4) is 0 Å². The summed E-state index contributed by atoms with van der Waals surface area (Å²) < 4.78 is 0. The van der Waals surface area contributed by atoms with E-state index in [1.807, 2.05) is 6.92 Å². The molecule has 0 amide bonds. The van der Waals surface area contributed by atoms with Crippen LogP contribution in [0.25, 0.3) is 0 Å². The lowest BCUT2D eigenvalue weighted by Gasteiger charge is -2.30. The van der Waals surface area contributed by atoms with Gasteiger partial charge >= 0.3 is 0 Å². The molecule has 0 aromatic carbocycles. The lowest BCUT2D eigenvalue weighted by atomic mass is 10.0. The van der Waals surface area contributed by atoms with Crippen molar-refractivity contribution in [3.05, 3.63) is 0 Å². The Labute approximate surface area is 73.8 Å². The second kappa shape index (κ2) is 3.73. The molecule has 3 heteroatoms. The molecule has 1 saturated carbocycles. The monoisotopic (exact) mass is 173 g/mol. The van der Waals surface area contributed by atoms with Crippen LogP contribution >= 0.6 is 0 Å². The van der Waals surface area contributed by atoms with Gasteiger partial charge in [0.1, 0.15) is 0 Å². The fraction of sp³-hybridized carbons (Fsp3) is 1.00. The van der Waals surface area contributed by atoms with Crippen molar-refractivity contribution in [2.75, 3.05) is 13.2 Å². The zero-order valence-corrected chi connectivity index (χ0v) is 7.88. The summed E-state index contributed by atoms with van der Waals surface area (Å²) in [6.07, 6.45) is 2.56. The molecule has 3 N–H and O–H groups in total. The third-order valence-corrected chi connectivity index (χ3v) is 2.60. The Bertz CT molecular complexity index is 141. The molecule has 0 heterocycles. The van der Waals surface area contributed by atoms with Crippen LogP contribution in [0.2, 0.25) is 0 Å². The number of hydrogen-bond donors (Lipinski definition) is 3. The summed E-state index contributed by atoms with van der Waals surface area (Å²) in [5.74, 6) is 0.752. The highest BCUT2D eigenvalue weighted by atomic mass is 16.3. The highest BCUT2D eigenvalue weighted by Gasteiger charge is 2.32. The Hall–Kier alpha value is -0.120. The van der Waals surface area contributed by atoms with Gasteiger partial charge in [-0.2, -0.15) is 0 Å². The molecule has 3 nitrogen and oxygen atoms in total. The molecule has 1 rings (SSSR count). The van der Waals surface area contributed by atoms with Gasteiger partial charge in [-0.15, -0.1) is 0 Å². The summed E-state index contributed by atoms with van der Waals surface area (Å²) in [6.45, 7) is 3.92. The summed E-state index contributed by atoms with van der Waals surface area (Å²) in [5.41, 5.74) is -0.512. The summed E-state index contributed by atoms with van der Waals surface area (Å²) in [6, 6.07) is 0.411. The Morgan fingerprint density at radius 3 is 2.25 bits per heavy atom. The van der Waals surface area contributed by atoms with Crippen molar-refractivity contribution in [2.24, 2.45) is 5.92 Å². The maximum Gasteiger partial charge on any atom is 0.0633 e. The van der Waals surface area contributed by atoms with Crippen molar-refractivity contribution in [2.45, 2.75) is 38.3 Å². The van der Waals surface area contributed by atoms with Crippen molar-refractivity contribution >= 4 is 0 Å². The van der Waals surface area contributed by atoms with Crippen LogP contribution in [0.5, 0.6) is 0 Å². The zero-order valence-electron chi connectivity index (χ0n) is 7.88. The fourth-order valence-corrected chi connectivity index (χ4v) is 1.41. The predicted molar refractivity (Wildman–Crippen MR) is 47.9 cm³/mol. The molecule has 1 unspecified atom stereocenters. The van der Waals surface area contributed by atoms with Gasteiger partial charge in [-0.1, -0.05) is 0 Å². The molecular weight excluding hydrogens is 154 g/mol. The van der Waals surface area contributed by atoms with E-state index in [-0.39, 0.29) is 13.2 Å².